The van der Waals surface area contributed by atoms with Gasteiger partial charge in [0.2, 0.25) is 5.95 Å². The molecule has 0 amide bonds. The van der Waals surface area contributed by atoms with Crippen LogP contribution >= 0.6 is 11.3 Å². The third kappa shape index (κ3) is 2.56. The monoisotopic (exact) mass is 253 g/mol. The van der Waals surface area contributed by atoms with Gasteiger partial charge in [0.1, 0.15) is 5.00 Å². The fourth-order valence-electron chi connectivity index (χ4n) is 1.16. The van der Waals surface area contributed by atoms with Crippen LogP contribution in [-0.4, -0.2) is 23.0 Å². The summed E-state index contributed by atoms with van der Waals surface area (Å²) in [6.45, 7) is 0. The van der Waals surface area contributed by atoms with Crippen molar-refractivity contribution >= 4 is 28.3 Å². The van der Waals surface area contributed by atoms with Crippen LogP contribution in [0.25, 0.3) is 0 Å². The number of thiophene rings is 1. The Morgan fingerprint density at radius 2 is 2.18 bits per heavy atom. The lowest BCUT2D eigenvalue weighted by atomic mass is 10.3. The van der Waals surface area contributed by atoms with E-state index in [0.717, 1.165) is 12.4 Å². The van der Waals surface area contributed by atoms with E-state index < -0.39 is 11.8 Å². The average Bonchev–Trinajstić information content (AvgIpc) is 2.79. The van der Waals surface area contributed by atoms with Gasteiger partial charge < -0.3 is 10.1 Å². The highest BCUT2D eigenvalue weighted by atomic mass is 32.1. The minimum Gasteiger partial charge on any atom is -0.465 e. The van der Waals surface area contributed by atoms with E-state index in [9.17, 15) is 9.18 Å². The van der Waals surface area contributed by atoms with Gasteiger partial charge >= 0.3 is 5.97 Å². The molecule has 0 spiro atoms. The van der Waals surface area contributed by atoms with Crippen LogP contribution in [0.3, 0.4) is 0 Å². The standard InChI is InChI=1S/C10H8FN3O2S/c1-16-9(15)7-2-3-17-8(7)14-10-12-4-6(11)5-13-10/h2-5H,1H3,(H,12,13,14). The number of anilines is 2. The molecule has 17 heavy (non-hydrogen) atoms. The zero-order valence-corrected chi connectivity index (χ0v) is 9.62. The molecule has 2 rings (SSSR count). The van der Waals surface area contributed by atoms with Crippen molar-refractivity contribution in [2.24, 2.45) is 0 Å². The number of nitrogens with zero attached hydrogens (tertiary/aromatic N) is 2. The summed E-state index contributed by atoms with van der Waals surface area (Å²) in [5.74, 6) is -0.746. The number of aromatic nitrogens is 2. The topological polar surface area (TPSA) is 64.1 Å². The summed E-state index contributed by atoms with van der Waals surface area (Å²) in [7, 11) is 1.30. The SMILES string of the molecule is COC(=O)c1ccsc1Nc1ncc(F)cn1. The Labute approximate surface area is 100 Å². The Kier molecular flexibility index (Phi) is 3.29. The van der Waals surface area contributed by atoms with Crippen molar-refractivity contribution in [1.29, 1.82) is 0 Å². The van der Waals surface area contributed by atoms with Crippen LogP contribution in [0.15, 0.2) is 23.8 Å². The maximum absolute atomic E-state index is 12.6. The van der Waals surface area contributed by atoms with E-state index in [1.165, 1.54) is 18.4 Å². The van der Waals surface area contributed by atoms with E-state index in [1.807, 2.05) is 0 Å². The predicted octanol–water partition coefficient (Wildman–Crippen LogP) is 2.21. The largest absolute Gasteiger partial charge is 0.465 e. The average molecular weight is 253 g/mol. The summed E-state index contributed by atoms with van der Waals surface area (Å²) >= 11 is 1.31. The van der Waals surface area contributed by atoms with Crippen molar-refractivity contribution in [3.63, 3.8) is 0 Å². The molecular weight excluding hydrogens is 245 g/mol. The minimum atomic E-state index is -0.519. The molecule has 0 saturated heterocycles. The second kappa shape index (κ2) is 4.88. The zero-order chi connectivity index (χ0) is 12.3. The summed E-state index contributed by atoms with van der Waals surface area (Å²) < 4.78 is 17.2. The summed E-state index contributed by atoms with van der Waals surface area (Å²) in [6, 6.07) is 1.63. The molecule has 0 aliphatic heterocycles. The molecule has 0 aliphatic rings. The third-order valence-corrected chi connectivity index (χ3v) is 2.75. The quantitative estimate of drug-likeness (QED) is 0.849. The highest BCUT2D eigenvalue weighted by molar-refractivity contribution is 7.14. The number of esters is 1. The molecule has 88 valence electrons. The van der Waals surface area contributed by atoms with Gasteiger partial charge in [-0.05, 0) is 11.4 Å². The van der Waals surface area contributed by atoms with Gasteiger partial charge in [0.15, 0.2) is 5.82 Å². The number of rotatable bonds is 3. The van der Waals surface area contributed by atoms with Gasteiger partial charge in [-0.3, -0.25) is 0 Å². The summed E-state index contributed by atoms with van der Waals surface area (Å²) in [6.07, 6.45) is 2.08. The van der Waals surface area contributed by atoms with Gasteiger partial charge in [-0.1, -0.05) is 0 Å². The van der Waals surface area contributed by atoms with Crippen molar-refractivity contribution in [3.05, 3.63) is 35.2 Å². The molecule has 5 nitrogen and oxygen atoms in total. The summed E-state index contributed by atoms with van der Waals surface area (Å²) in [5, 5.41) is 5.12. The molecule has 0 bridgehead atoms. The number of carbonyl (C=O) groups is 1. The van der Waals surface area contributed by atoms with Gasteiger partial charge in [0, 0.05) is 0 Å². The fourth-order valence-corrected chi connectivity index (χ4v) is 1.92. The molecule has 0 unspecified atom stereocenters. The molecule has 0 atom stereocenters. The minimum absolute atomic E-state index is 0.221. The van der Waals surface area contributed by atoms with E-state index in [-0.39, 0.29) is 5.95 Å². The molecule has 7 heteroatoms. The van der Waals surface area contributed by atoms with Gasteiger partial charge in [0.05, 0.1) is 25.1 Å². The van der Waals surface area contributed by atoms with Crippen LogP contribution in [0.4, 0.5) is 15.3 Å². The number of hydrogen-bond acceptors (Lipinski definition) is 6. The van der Waals surface area contributed by atoms with Crippen LogP contribution in [0, 0.1) is 5.82 Å². The molecule has 0 aliphatic carbocycles. The van der Waals surface area contributed by atoms with E-state index in [2.05, 4.69) is 20.0 Å². The molecule has 2 aromatic heterocycles. The van der Waals surface area contributed by atoms with Crippen LogP contribution in [0.1, 0.15) is 10.4 Å². The first-order valence-electron chi connectivity index (χ1n) is 4.61. The van der Waals surface area contributed by atoms with Gasteiger partial charge in [-0.2, -0.15) is 0 Å². The van der Waals surface area contributed by atoms with Crippen molar-refractivity contribution in [1.82, 2.24) is 9.97 Å². The summed E-state index contributed by atoms with van der Waals surface area (Å²) in [5.41, 5.74) is 0.394. The molecule has 0 fully saturated rings. The Morgan fingerprint density at radius 1 is 1.47 bits per heavy atom. The molecule has 0 aromatic carbocycles. The van der Waals surface area contributed by atoms with E-state index in [0.29, 0.717) is 10.6 Å². The second-order valence-corrected chi connectivity index (χ2v) is 3.92. The number of ether oxygens (including phenoxy) is 1. The number of methoxy groups -OCH3 is 1. The van der Waals surface area contributed by atoms with Crippen molar-refractivity contribution in [2.75, 3.05) is 12.4 Å². The smallest absolute Gasteiger partial charge is 0.340 e. The molecule has 0 radical (unpaired) electrons. The van der Waals surface area contributed by atoms with Crippen LogP contribution in [0.2, 0.25) is 0 Å². The fraction of sp³-hybridized carbons (Fsp3) is 0.100. The van der Waals surface area contributed by atoms with Gasteiger partial charge in [-0.25, -0.2) is 19.2 Å². The normalized spacial score (nSPS) is 10.0. The Bertz CT molecular complexity index is 527. The first-order valence-corrected chi connectivity index (χ1v) is 5.49. The molecule has 1 N–H and O–H groups in total. The first kappa shape index (κ1) is 11.5. The van der Waals surface area contributed by atoms with Crippen molar-refractivity contribution in [2.45, 2.75) is 0 Å². The maximum Gasteiger partial charge on any atom is 0.340 e. The Hall–Kier alpha value is -2.02. The lowest BCUT2D eigenvalue weighted by molar-refractivity contribution is 0.0602. The van der Waals surface area contributed by atoms with E-state index in [1.54, 1.807) is 11.4 Å². The van der Waals surface area contributed by atoms with Crippen LogP contribution in [0.5, 0.6) is 0 Å². The number of hydrogen-bond donors (Lipinski definition) is 1. The molecular formula is C10H8FN3O2S. The Balaban J connectivity index is 2.21. The maximum atomic E-state index is 12.6. The van der Waals surface area contributed by atoms with Gasteiger partial charge in [-0.15, -0.1) is 11.3 Å². The van der Waals surface area contributed by atoms with E-state index in [4.69, 9.17) is 0 Å². The molecule has 0 saturated carbocycles. The first-order chi connectivity index (χ1) is 8.20. The van der Waals surface area contributed by atoms with Crippen LogP contribution in [-0.2, 0) is 4.74 Å². The van der Waals surface area contributed by atoms with Crippen LogP contribution < -0.4 is 5.32 Å². The van der Waals surface area contributed by atoms with Gasteiger partial charge in [0.25, 0.3) is 0 Å². The number of carbonyl (C=O) groups excluding carboxylic acids is 1. The molecule has 2 aromatic rings. The lowest BCUT2D eigenvalue weighted by Crippen LogP contribution is -2.04. The number of nitrogens with one attached hydrogen (secondary N) is 1. The molecule has 2 heterocycles. The zero-order valence-electron chi connectivity index (χ0n) is 8.81. The highest BCUT2D eigenvalue weighted by Gasteiger charge is 2.13. The highest BCUT2D eigenvalue weighted by Crippen LogP contribution is 2.26. The van der Waals surface area contributed by atoms with Crippen molar-refractivity contribution in [3.8, 4) is 0 Å². The number of halogens is 1. The van der Waals surface area contributed by atoms with Crippen molar-refractivity contribution < 1.29 is 13.9 Å². The third-order valence-electron chi connectivity index (χ3n) is 1.92. The summed E-state index contributed by atoms with van der Waals surface area (Å²) in [4.78, 5) is 18.9. The predicted molar refractivity (Wildman–Crippen MR) is 60.9 cm³/mol. The Morgan fingerprint density at radius 3 is 2.82 bits per heavy atom. The second-order valence-electron chi connectivity index (χ2n) is 3.00. The lowest BCUT2D eigenvalue weighted by Gasteiger charge is -2.03. The van der Waals surface area contributed by atoms with E-state index >= 15 is 0 Å².